The predicted octanol–water partition coefficient (Wildman–Crippen LogP) is 11.6. The Bertz CT molecular complexity index is 2900. The molecule has 5 heteroatoms. The highest BCUT2D eigenvalue weighted by molar-refractivity contribution is 6.30. The van der Waals surface area contributed by atoms with E-state index in [0.29, 0.717) is 39.6 Å². The van der Waals surface area contributed by atoms with Gasteiger partial charge in [0.05, 0.1) is 0 Å². The molecule has 0 saturated carbocycles. The summed E-state index contributed by atoms with van der Waals surface area (Å²) in [5.74, 6) is -0.918. The van der Waals surface area contributed by atoms with Gasteiger partial charge in [-0.1, -0.05) is 72.8 Å². The van der Waals surface area contributed by atoms with Gasteiger partial charge in [0.1, 0.15) is 17.2 Å². The van der Waals surface area contributed by atoms with Gasteiger partial charge in [0, 0.05) is 45.0 Å². The van der Waals surface area contributed by atoms with Crippen LogP contribution in [0.5, 0.6) is 28.7 Å². The zero-order chi connectivity index (χ0) is 36.5. The van der Waals surface area contributed by atoms with E-state index in [-0.39, 0.29) is 33.9 Å². The number of aromatic hydroxyl groups is 5. The van der Waals surface area contributed by atoms with E-state index in [4.69, 9.17) is 0 Å². The summed E-state index contributed by atoms with van der Waals surface area (Å²) in [6.45, 7) is 11.4. The smallest absolute Gasteiger partial charge is 0.166 e. The molecule has 52 heavy (non-hydrogen) atoms. The minimum atomic E-state index is -0.407. The topological polar surface area (TPSA) is 101 Å². The maximum Gasteiger partial charge on any atom is 0.166 e. The van der Waals surface area contributed by atoms with Crippen LogP contribution in [0, 0.1) is 41.5 Å². The van der Waals surface area contributed by atoms with Crippen molar-refractivity contribution in [3.63, 3.8) is 0 Å². The van der Waals surface area contributed by atoms with Crippen LogP contribution in [0.15, 0.2) is 78.9 Å². The van der Waals surface area contributed by atoms with E-state index < -0.39 is 5.75 Å². The van der Waals surface area contributed by atoms with Crippen LogP contribution in [0.1, 0.15) is 44.5 Å². The molecule has 0 heterocycles. The van der Waals surface area contributed by atoms with Crippen molar-refractivity contribution in [2.45, 2.75) is 48.0 Å². The Labute approximate surface area is 301 Å². The molecular formula is C47H38O5. The number of benzene rings is 8. The second kappa shape index (κ2) is 10.9. The average molecular weight is 683 g/mol. The maximum absolute atomic E-state index is 12.2. The summed E-state index contributed by atoms with van der Waals surface area (Å²) in [6, 6.07) is 27.4. The Hall–Kier alpha value is -6.20. The van der Waals surface area contributed by atoms with Gasteiger partial charge in [-0.15, -0.1) is 0 Å². The third kappa shape index (κ3) is 3.99. The van der Waals surface area contributed by atoms with Crippen LogP contribution in [-0.2, 0) is 6.42 Å². The lowest BCUT2D eigenvalue weighted by Crippen LogP contribution is -2.10. The zero-order valence-electron chi connectivity index (χ0n) is 29.9. The van der Waals surface area contributed by atoms with Gasteiger partial charge in [-0.25, -0.2) is 0 Å². The van der Waals surface area contributed by atoms with Gasteiger partial charge in [-0.3, -0.25) is 0 Å². The zero-order valence-corrected chi connectivity index (χ0v) is 29.9. The molecule has 256 valence electrons. The molecule has 0 atom stereocenters. The molecule has 1 aliphatic rings. The molecule has 0 spiro atoms. The first kappa shape index (κ1) is 31.8. The number of phenols is 5. The minimum Gasteiger partial charge on any atom is -0.507 e. The highest BCUT2D eigenvalue weighted by atomic mass is 16.3. The van der Waals surface area contributed by atoms with Crippen molar-refractivity contribution in [2.24, 2.45) is 0 Å². The summed E-state index contributed by atoms with van der Waals surface area (Å²) in [5.41, 5.74) is 11.0. The van der Waals surface area contributed by atoms with E-state index in [1.165, 1.54) is 5.39 Å². The Morgan fingerprint density at radius 1 is 0.385 bits per heavy atom. The molecule has 0 aromatic heterocycles. The van der Waals surface area contributed by atoms with Crippen molar-refractivity contribution in [3.8, 4) is 62.1 Å². The number of rotatable bonds is 2. The number of phenolic OH excluding ortho intramolecular Hbond substituents is 5. The van der Waals surface area contributed by atoms with Crippen molar-refractivity contribution in [1.29, 1.82) is 0 Å². The molecular weight excluding hydrogens is 645 g/mol. The van der Waals surface area contributed by atoms with Gasteiger partial charge in [-0.05, 0) is 130 Å². The fraction of sp³-hybridized carbons (Fsp3) is 0.149. The quantitative estimate of drug-likeness (QED) is 0.0710. The molecule has 8 aromatic rings. The van der Waals surface area contributed by atoms with E-state index in [1.54, 1.807) is 13.8 Å². The van der Waals surface area contributed by atoms with Gasteiger partial charge in [0.15, 0.2) is 11.5 Å². The van der Waals surface area contributed by atoms with Crippen molar-refractivity contribution < 1.29 is 25.5 Å². The lowest BCUT2D eigenvalue weighted by Gasteiger charge is -2.32. The standard InChI is InChI=1S/C47H38O5/c1-21-22(2)34-20-35-36(24(4)43(48)25(5)44(35)49)40-39(34)37(23(21)3)38(41-42(40)47(52)46(51)26(6)45(41)50)33-16-10-14-31-30(13-9-15-32(31)33)29-18-17-27-11-7-8-12-28(27)19-29/h7-19,48-52H,20H2,1-6H3. The Balaban J connectivity index is 1.52. The molecule has 0 radical (unpaired) electrons. The van der Waals surface area contributed by atoms with E-state index >= 15 is 0 Å². The number of aryl methyl sites for hydroxylation is 1. The van der Waals surface area contributed by atoms with Crippen molar-refractivity contribution in [2.75, 3.05) is 0 Å². The first-order valence-corrected chi connectivity index (χ1v) is 17.6. The van der Waals surface area contributed by atoms with Crippen LogP contribution in [0.25, 0.3) is 76.5 Å². The summed E-state index contributed by atoms with van der Waals surface area (Å²) in [7, 11) is 0. The van der Waals surface area contributed by atoms with Gasteiger partial charge >= 0.3 is 0 Å². The van der Waals surface area contributed by atoms with Gasteiger partial charge in [0.25, 0.3) is 0 Å². The van der Waals surface area contributed by atoms with Crippen molar-refractivity contribution >= 4 is 43.1 Å². The molecule has 5 nitrogen and oxygen atoms in total. The monoisotopic (exact) mass is 682 g/mol. The summed E-state index contributed by atoms with van der Waals surface area (Å²) in [4.78, 5) is 0. The Kier molecular flexibility index (Phi) is 6.66. The molecule has 0 bridgehead atoms. The molecule has 0 saturated heterocycles. The van der Waals surface area contributed by atoms with Crippen molar-refractivity contribution in [3.05, 3.63) is 123 Å². The lowest BCUT2D eigenvalue weighted by atomic mass is 9.72. The molecule has 0 aliphatic heterocycles. The van der Waals surface area contributed by atoms with Crippen LogP contribution in [-0.4, -0.2) is 25.5 Å². The summed E-state index contributed by atoms with van der Waals surface area (Å²) < 4.78 is 0. The SMILES string of the molecule is Cc1c(O)c(C)c2c(c1O)Cc1c(C)c(C)c(C)c3c(-c4cccc5c(-c6ccc7ccccc7c6)cccc45)c4c(O)c(C)c(O)c(O)c4c-2c13. The van der Waals surface area contributed by atoms with Crippen LogP contribution < -0.4 is 0 Å². The summed E-state index contributed by atoms with van der Waals surface area (Å²) in [6.07, 6.45) is 0.413. The van der Waals surface area contributed by atoms with Gasteiger partial charge < -0.3 is 25.5 Å². The normalized spacial score (nSPS) is 12.3. The highest BCUT2D eigenvalue weighted by Gasteiger charge is 2.35. The Morgan fingerprint density at radius 2 is 1.02 bits per heavy atom. The van der Waals surface area contributed by atoms with Crippen molar-refractivity contribution in [1.82, 2.24) is 0 Å². The van der Waals surface area contributed by atoms with Gasteiger partial charge in [0.2, 0.25) is 0 Å². The molecule has 0 fully saturated rings. The largest absolute Gasteiger partial charge is 0.507 e. The van der Waals surface area contributed by atoms with E-state index in [1.807, 2.05) is 25.1 Å². The molecule has 5 N–H and O–H groups in total. The second-order valence-corrected chi connectivity index (χ2v) is 14.5. The van der Waals surface area contributed by atoms with E-state index in [9.17, 15) is 25.5 Å². The van der Waals surface area contributed by atoms with Crippen LogP contribution in [0.3, 0.4) is 0 Å². The average Bonchev–Trinajstić information content (AvgIpc) is 3.17. The minimum absolute atomic E-state index is 0.00192. The first-order valence-electron chi connectivity index (χ1n) is 17.6. The molecule has 8 aromatic carbocycles. The molecule has 0 unspecified atom stereocenters. The fourth-order valence-electron chi connectivity index (χ4n) is 9.03. The third-order valence-electron chi connectivity index (χ3n) is 12.0. The van der Waals surface area contributed by atoms with Crippen LogP contribution in [0.2, 0.25) is 0 Å². The number of hydrogen-bond acceptors (Lipinski definition) is 5. The molecule has 9 rings (SSSR count). The van der Waals surface area contributed by atoms with Gasteiger partial charge in [-0.2, -0.15) is 0 Å². The van der Waals surface area contributed by atoms with E-state index in [2.05, 4.69) is 81.4 Å². The maximum atomic E-state index is 12.2. The number of hydrogen-bond donors (Lipinski definition) is 5. The summed E-state index contributed by atoms with van der Waals surface area (Å²) >= 11 is 0. The molecule has 0 amide bonds. The molecule has 1 aliphatic carbocycles. The third-order valence-corrected chi connectivity index (χ3v) is 12.0. The first-order chi connectivity index (χ1) is 24.9. The number of fused-ring (bicyclic) bond motifs is 6. The van der Waals surface area contributed by atoms with Crippen LogP contribution >= 0.6 is 0 Å². The predicted molar refractivity (Wildman–Crippen MR) is 212 cm³/mol. The fourth-order valence-corrected chi connectivity index (χ4v) is 9.03. The lowest BCUT2D eigenvalue weighted by molar-refractivity contribution is 0.398. The van der Waals surface area contributed by atoms with E-state index in [0.717, 1.165) is 71.4 Å². The summed E-state index contributed by atoms with van der Waals surface area (Å²) in [5, 5.41) is 65.3. The highest BCUT2D eigenvalue weighted by Crippen LogP contribution is 2.60. The Morgan fingerprint density at radius 3 is 1.75 bits per heavy atom. The second-order valence-electron chi connectivity index (χ2n) is 14.5. The van der Waals surface area contributed by atoms with Crippen LogP contribution in [0.4, 0.5) is 0 Å².